The molecule has 0 unspecified atom stereocenters. The summed E-state index contributed by atoms with van der Waals surface area (Å²) < 4.78 is 32.9. The van der Waals surface area contributed by atoms with Crippen LogP contribution < -0.4 is 10.1 Å². The van der Waals surface area contributed by atoms with Crippen molar-refractivity contribution in [1.82, 2.24) is 34.1 Å². The number of aromatic amines is 1. The fraction of sp³-hybridized carbons (Fsp3) is 0.579. The lowest BCUT2D eigenvalue weighted by Crippen LogP contribution is -2.47. The van der Waals surface area contributed by atoms with Gasteiger partial charge in [-0.05, 0) is 18.3 Å². The molecule has 3 aromatic heterocycles. The van der Waals surface area contributed by atoms with Crippen molar-refractivity contribution in [2.75, 3.05) is 31.3 Å². The van der Waals surface area contributed by atoms with Gasteiger partial charge in [-0.15, -0.1) is 5.10 Å². The molecule has 0 bridgehead atoms. The summed E-state index contributed by atoms with van der Waals surface area (Å²) in [4.78, 5) is 9.09. The number of ether oxygens (including phenoxy) is 1. The van der Waals surface area contributed by atoms with Crippen LogP contribution in [0, 0.1) is 11.8 Å². The maximum atomic E-state index is 11.8. The number of aromatic nitrogens is 6. The third kappa shape index (κ3) is 4.64. The van der Waals surface area contributed by atoms with Crippen molar-refractivity contribution >= 4 is 21.6 Å². The van der Waals surface area contributed by atoms with Crippen LogP contribution in [0.1, 0.15) is 27.2 Å². The molecule has 0 amide bonds. The number of nitrogens with one attached hydrogen (secondary N) is 2. The van der Waals surface area contributed by atoms with Crippen molar-refractivity contribution in [1.29, 1.82) is 0 Å². The molecule has 0 spiro atoms. The summed E-state index contributed by atoms with van der Waals surface area (Å²) in [5, 5.41) is 14.8. The van der Waals surface area contributed by atoms with Crippen molar-refractivity contribution in [3.05, 3.63) is 18.6 Å². The minimum atomic E-state index is -3.18. The third-order valence-electron chi connectivity index (χ3n) is 5.31. The Morgan fingerprint density at radius 3 is 2.81 bits per heavy atom. The molecule has 4 heterocycles. The molecule has 31 heavy (non-hydrogen) atoms. The first-order chi connectivity index (χ1) is 14.7. The molecule has 2 N–H and O–H groups in total. The highest BCUT2D eigenvalue weighted by Gasteiger charge is 2.31. The van der Waals surface area contributed by atoms with Crippen LogP contribution in [0.3, 0.4) is 0 Å². The van der Waals surface area contributed by atoms with E-state index in [1.165, 1.54) is 10.6 Å². The van der Waals surface area contributed by atoms with Gasteiger partial charge in [-0.1, -0.05) is 20.8 Å². The summed E-state index contributed by atoms with van der Waals surface area (Å²) >= 11 is 0. The Hall–Kier alpha value is -2.73. The van der Waals surface area contributed by atoms with E-state index in [4.69, 9.17) is 4.74 Å². The Morgan fingerprint density at radius 1 is 1.35 bits per heavy atom. The first-order valence-electron chi connectivity index (χ1n) is 10.3. The molecule has 3 aromatic rings. The van der Waals surface area contributed by atoms with Gasteiger partial charge in [-0.2, -0.15) is 14.6 Å². The summed E-state index contributed by atoms with van der Waals surface area (Å²) in [6.07, 6.45) is 7.02. The highest BCUT2D eigenvalue weighted by atomic mass is 32.2. The van der Waals surface area contributed by atoms with E-state index in [1.807, 2.05) is 6.92 Å². The first kappa shape index (κ1) is 21.5. The molecule has 0 aliphatic carbocycles. The summed E-state index contributed by atoms with van der Waals surface area (Å²) in [6.45, 7) is 7.63. The van der Waals surface area contributed by atoms with Crippen molar-refractivity contribution in [2.24, 2.45) is 11.8 Å². The van der Waals surface area contributed by atoms with Gasteiger partial charge >= 0.3 is 0 Å². The van der Waals surface area contributed by atoms with Crippen molar-refractivity contribution in [2.45, 2.75) is 33.2 Å². The van der Waals surface area contributed by atoms with Crippen LogP contribution in [-0.4, -0.2) is 74.5 Å². The van der Waals surface area contributed by atoms with Crippen LogP contribution >= 0.6 is 0 Å². The summed E-state index contributed by atoms with van der Waals surface area (Å²) in [7, 11) is -3.18. The zero-order chi connectivity index (χ0) is 22.2. The van der Waals surface area contributed by atoms with Crippen molar-refractivity contribution in [3.8, 4) is 17.1 Å². The van der Waals surface area contributed by atoms with Gasteiger partial charge < -0.3 is 10.1 Å². The zero-order valence-corrected chi connectivity index (χ0v) is 18.9. The van der Waals surface area contributed by atoms with Crippen LogP contribution in [0.15, 0.2) is 18.6 Å². The Balaban J connectivity index is 1.61. The highest BCUT2D eigenvalue weighted by molar-refractivity contribution is 7.88. The molecule has 0 saturated carbocycles. The number of H-pyrrole nitrogens is 1. The molecule has 1 aliphatic rings. The number of sulfonamides is 1. The minimum absolute atomic E-state index is 0.0664. The van der Waals surface area contributed by atoms with Gasteiger partial charge in [0.25, 0.3) is 0 Å². The quantitative estimate of drug-likeness (QED) is 0.558. The predicted molar refractivity (Wildman–Crippen MR) is 116 cm³/mol. The number of nitrogens with zero attached hydrogens (tertiary/aromatic N) is 6. The third-order valence-corrected chi connectivity index (χ3v) is 6.58. The number of piperidine rings is 1. The van der Waals surface area contributed by atoms with E-state index in [9.17, 15) is 8.42 Å². The second-order valence-electron chi connectivity index (χ2n) is 8.45. The van der Waals surface area contributed by atoms with E-state index < -0.39 is 10.0 Å². The van der Waals surface area contributed by atoms with E-state index in [0.29, 0.717) is 55.2 Å². The van der Waals surface area contributed by atoms with E-state index in [2.05, 4.69) is 44.4 Å². The topological polar surface area (TPSA) is 130 Å². The Labute approximate surface area is 181 Å². The first-order valence-corrected chi connectivity index (χ1v) is 12.2. The molecule has 12 heteroatoms. The molecular weight excluding hydrogens is 420 g/mol. The largest absolute Gasteiger partial charge is 0.476 e. The molecule has 1 saturated heterocycles. The van der Waals surface area contributed by atoms with Gasteiger partial charge in [0.05, 0.1) is 25.3 Å². The SMILES string of the molecule is CC(C)COc1c(-c2cn[nH]c2)ncc2nc(N[C@H]3CCN(S(C)(=O)=O)C[C@H]3C)nn12. The van der Waals surface area contributed by atoms with Gasteiger partial charge in [0.2, 0.25) is 21.9 Å². The predicted octanol–water partition coefficient (Wildman–Crippen LogP) is 1.63. The number of fused-ring (bicyclic) bond motifs is 1. The molecule has 2 atom stereocenters. The highest BCUT2D eigenvalue weighted by Crippen LogP contribution is 2.29. The number of hydrogen-bond donors (Lipinski definition) is 2. The van der Waals surface area contributed by atoms with Crippen molar-refractivity contribution < 1.29 is 13.2 Å². The number of hydrogen-bond acceptors (Lipinski definition) is 8. The van der Waals surface area contributed by atoms with Gasteiger partial charge in [0.1, 0.15) is 5.69 Å². The van der Waals surface area contributed by atoms with E-state index in [0.717, 1.165) is 5.56 Å². The maximum absolute atomic E-state index is 11.8. The van der Waals surface area contributed by atoms with Crippen LogP contribution in [0.25, 0.3) is 16.9 Å². The van der Waals surface area contributed by atoms with E-state index in [-0.39, 0.29) is 12.0 Å². The number of rotatable bonds is 7. The fourth-order valence-corrected chi connectivity index (χ4v) is 4.58. The van der Waals surface area contributed by atoms with Gasteiger partial charge in [0.15, 0.2) is 5.65 Å². The zero-order valence-electron chi connectivity index (χ0n) is 18.1. The molecule has 11 nitrogen and oxygen atoms in total. The second-order valence-corrected chi connectivity index (χ2v) is 10.4. The number of anilines is 1. The molecular formula is C19H28N8O3S. The minimum Gasteiger partial charge on any atom is -0.476 e. The van der Waals surface area contributed by atoms with E-state index >= 15 is 0 Å². The van der Waals surface area contributed by atoms with Crippen LogP contribution in [0.2, 0.25) is 0 Å². The maximum Gasteiger partial charge on any atom is 0.244 e. The summed E-state index contributed by atoms with van der Waals surface area (Å²) in [6, 6.07) is 0.0664. The Morgan fingerprint density at radius 2 is 2.16 bits per heavy atom. The lowest BCUT2D eigenvalue weighted by atomic mass is 9.95. The smallest absolute Gasteiger partial charge is 0.244 e. The lowest BCUT2D eigenvalue weighted by Gasteiger charge is -2.35. The van der Waals surface area contributed by atoms with Crippen LogP contribution in [-0.2, 0) is 10.0 Å². The lowest BCUT2D eigenvalue weighted by molar-refractivity contribution is 0.255. The standard InChI is InChI=1S/C19H28N8O3S/c1-12(2)11-30-18-17(14-7-21-22-8-14)20-9-16-24-19(25-27(16)18)23-15-5-6-26(10-13(15)3)31(4,28)29/h7-9,12-13,15H,5-6,10-11H2,1-4H3,(H,21,22)(H,23,25)/t13-,15+/m1/s1. The second kappa shape index (κ2) is 8.42. The van der Waals surface area contributed by atoms with Gasteiger partial charge in [-0.3, -0.25) is 5.10 Å². The Kier molecular flexibility index (Phi) is 5.84. The molecule has 1 fully saturated rings. The molecule has 4 rings (SSSR count). The summed E-state index contributed by atoms with van der Waals surface area (Å²) in [5.41, 5.74) is 2.00. The molecule has 1 aliphatic heterocycles. The molecule has 0 aromatic carbocycles. The average Bonchev–Trinajstić information content (AvgIpc) is 3.36. The van der Waals surface area contributed by atoms with Crippen molar-refractivity contribution in [3.63, 3.8) is 0 Å². The fourth-order valence-electron chi connectivity index (χ4n) is 3.64. The van der Waals surface area contributed by atoms with Gasteiger partial charge in [-0.25, -0.2) is 17.7 Å². The average molecular weight is 449 g/mol. The van der Waals surface area contributed by atoms with Gasteiger partial charge in [0, 0.05) is 30.9 Å². The van der Waals surface area contributed by atoms with Crippen LogP contribution in [0.5, 0.6) is 5.88 Å². The normalized spacial score (nSPS) is 20.4. The summed E-state index contributed by atoms with van der Waals surface area (Å²) in [5.74, 6) is 1.42. The van der Waals surface area contributed by atoms with Crippen LogP contribution in [0.4, 0.5) is 5.95 Å². The monoisotopic (exact) mass is 448 g/mol. The molecule has 168 valence electrons. The molecule has 0 radical (unpaired) electrons. The Bertz CT molecular complexity index is 1140. The van der Waals surface area contributed by atoms with E-state index in [1.54, 1.807) is 23.1 Å².